The lowest BCUT2D eigenvalue weighted by atomic mass is 9.98. The third kappa shape index (κ3) is 5.61. The van der Waals surface area contributed by atoms with Crippen LogP contribution in [-0.4, -0.2) is 18.7 Å². The van der Waals surface area contributed by atoms with Crippen LogP contribution in [0.2, 0.25) is 0 Å². The molecule has 3 aromatic carbocycles. The number of carbonyl (C=O) groups excluding carboxylic acids is 1. The standard InChI is InChI=1S/C25H28N2O2/c1-25(2,3)29-24(28)26-23(19-11-7-5-8-12-19)20-15-17-22(18-16-20)27(4)21-13-9-6-10-14-21/h5-18,23H,1-4H3,(H,26,28). The van der Waals surface area contributed by atoms with Crippen molar-refractivity contribution in [2.24, 2.45) is 0 Å². The molecule has 4 nitrogen and oxygen atoms in total. The molecular formula is C25H28N2O2. The van der Waals surface area contributed by atoms with Gasteiger partial charge in [0.05, 0.1) is 6.04 Å². The van der Waals surface area contributed by atoms with Gasteiger partial charge >= 0.3 is 6.09 Å². The van der Waals surface area contributed by atoms with Gasteiger partial charge in [-0.3, -0.25) is 0 Å². The highest BCUT2D eigenvalue weighted by Gasteiger charge is 2.22. The summed E-state index contributed by atoms with van der Waals surface area (Å²) < 4.78 is 5.47. The van der Waals surface area contributed by atoms with E-state index >= 15 is 0 Å². The molecule has 4 heteroatoms. The lowest BCUT2D eigenvalue weighted by Crippen LogP contribution is -2.35. The molecule has 0 aliphatic carbocycles. The normalized spacial score (nSPS) is 12.1. The van der Waals surface area contributed by atoms with E-state index in [-0.39, 0.29) is 6.04 Å². The molecule has 0 radical (unpaired) electrons. The van der Waals surface area contributed by atoms with Crippen LogP contribution in [0.5, 0.6) is 0 Å². The Morgan fingerprint density at radius 3 is 1.83 bits per heavy atom. The van der Waals surface area contributed by atoms with Gasteiger partial charge in [0.2, 0.25) is 0 Å². The Balaban J connectivity index is 1.85. The van der Waals surface area contributed by atoms with E-state index in [9.17, 15) is 4.79 Å². The van der Waals surface area contributed by atoms with Crippen LogP contribution in [0.25, 0.3) is 0 Å². The van der Waals surface area contributed by atoms with Crippen LogP contribution < -0.4 is 10.2 Å². The predicted octanol–water partition coefficient (Wildman–Crippen LogP) is 6.07. The maximum absolute atomic E-state index is 12.4. The molecule has 1 unspecified atom stereocenters. The summed E-state index contributed by atoms with van der Waals surface area (Å²) in [6, 6.07) is 28.0. The van der Waals surface area contributed by atoms with Gasteiger partial charge in [-0.2, -0.15) is 0 Å². The zero-order chi connectivity index (χ0) is 20.9. The van der Waals surface area contributed by atoms with Gasteiger partial charge in [-0.25, -0.2) is 4.79 Å². The smallest absolute Gasteiger partial charge is 0.408 e. The predicted molar refractivity (Wildman–Crippen MR) is 119 cm³/mol. The van der Waals surface area contributed by atoms with Gasteiger partial charge < -0.3 is 15.0 Å². The Kier molecular flexibility index (Phi) is 6.23. The van der Waals surface area contributed by atoms with Crippen LogP contribution in [0.15, 0.2) is 84.9 Å². The minimum Gasteiger partial charge on any atom is -0.444 e. The highest BCUT2D eigenvalue weighted by atomic mass is 16.6. The van der Waals surface area contributed by atoms with Crippen molar-refractivity contribution in [3.8, 4) is 0 Å². The van der Waals surface area contributed by atoms with Crippen molar-refractivity contribution in [3.63, 3.8) is 0 Å². The van der Waals surface area contributed by atoms with Crippen LogP contribution in [0, 0.1) is 0 Å². The number of amides is 1. The van der Waals surface area contributed by atoms with Crippen molar-refractivity contribution in [3.05, 3.63) is 96.1 Å². The largest absolute Gasteiger partial charge is 0.444 e. The van der Waals surface area contributed by atoms with Crippen molar-refractivity contribution in [1.82, 2.24) is 5.32 Å². The number of benzene rings is 3. The van der Waals surface area contributed by atoms with Gasteiger partial charge in [-0.1, -0.05) is 60.7 Å². The molecule has 1 atom stereocenters. The Labute approximate surface area is 173 Å². The molecule has 0 aliphatic rings. The number of nitrogens with zero attached hydrogens (tertiary/aromatic N) is 1. The second kappa shape index (κ2) is 8.82. The summed E-state index contributed by atoms with van der Waals surface area (Å²) in [5.74, 6) is 0. The Bertz CT molecular complexity index is 917. The fourth-order valence-corrected chi connectivity index (χ4v) is 3.12. The van der Waals surface area contributed by atoms with Crippen LogP contribution in [0.4, 0.5) is 16.2 Å². The zero-order valence-electron chi connectivity index (χ0n) is 17.4. The van der Waals surface area contributed by atoms with Crippen LogP contribution in [0.1, 0.15) is 37.9 Å². The Hall–Kier alpha value is -3.27. The van der Waals surface area contributed by atoms with Crippen LogP contribution in [-0.2, 0) is 4.74 Å². The summed E-state index contributed by atoms with van der Waals surface area (Å²) in [5, 5.41) is 3.01. The number of anilines is 2. The first kappa shape index (κ1) is 20.5. The maximum Gasteiger partial charge on any atom is 0.408 e. The fourth-order valence-electron chi connectivity index (χ4n) is 3.12. The van der Waals surface area contributed by atoms with E-state index in [2.05, 4.69) is 34.5 Å². The topological polar surface area (TPSA) is 41.6 Å². The van der Waals surface area contributed by atoms with Crippen molar-refractivity contribution in [1.29, 1.82) is 0 Å². The van der Waals surface area contributed by atoms with Crippen LogP contribution in [0.3, 0.4) is 0 Å². The summed E-state index contributed by atoms with van der Waals surface area (Å²) in [5.41, 5.74) is 3.64. The second-order valence-electron chi connectivity index (χ2n) is 7.98. The number of nitrogens with one attached hydrogen (secondary N) is 1. The number of para-hydroxylation sites is 1. The average molecular weight is 389 g/mol. The van der Waals surface area contributed by atoms with Gasteiger partial charge in [0.1, 0.15) is 5.60 Å². The lowest BCUT2D eigenvalue weighted by molar-refractivity contribution is 0.0512. The fraction of sp³-hybridized carbons (Fsp3) is 0.240. The van der Waals surface area contributed by atoms with E-state index in [0.717, 1.165) is 22.5 Å². The minimum absolute atomic E-state index is 0.290. The first-order valence-electron chi connectivity index (χ1n) is 9.77. The average Bonchev–Trinajstić information content (AvgIpc) is 2.72. The molecule has 0 aliphatic heterocycles. The summed E-state index contributed by atoms with van der Waals surface area (Å²) in [7, 11) is 2.04. The van der Waals surface area contributed by atoms with Gasteiger partial charge in [0.25, 0.3) is 0 Å². The number of carbonyl (C=O) groups is 1. The second-order valence-corrected chi connectivity index (χ2v) is 7.98. The number of hydrogen-bond donors (Lipinski definition) is 1. The van der Waals surface area contributed by atoms with Gasteiger partial charge in [-0.15, -0.1) is 0 Å². The van der Waals surface area contributed by atoms with E-state index in [1.807, 2.05) is 88.5 Å². The molecular weight excluding hydrogens is 360 g/mol. The number of ether oxygens (including phenoxy) is 1. The van der Waals surface area contributed by atoms with E-state index in [1.54, 1.807) is 0 Å². The third-order valence-electron chi connectivity index (χ3n) is 4.55. The summed E-state index contributed by atoms with van der Waals surface area (Å²) in [6.07, 6.45) is -0.433. The minimum atomic E-state index is -0.548. The molecule has 1 N–H and O–H groups in total. The number of rotatable bonds is 5. The van der Waals surface area contributed by atoms with Crippen molar-refractivity contribution >= 4 is 17.5 Å². The zero-order valence-corrected chi connectivity index (χ0v) is 17.4. The first-order chi connectivity index (χ1) is 13.8. The maximum atomic E-state index is 12.4. The highest BCUT2D eigenvalue weighted by molar-refractivity contribution is 5.69. The van der Waals surface area contributed by atoms with E-state index < -0.39 is 11.7 Å². The number of hydrogen-bond acceptors (Lipinski definition) is 3. The summed E-state index contributed by atoms with van der Waals surface area (Å²) >= 11 is 0. The Morgan fingerprint density at radius 2 is 1.28 bits per heavy atom. The molecule has 0 aromatic heterocycles. The SMILES string of the molecule is CN(c1ccccc1)c1ccc(C(NC(=O)OC(C)(C)C)c2ccccc2)cc1. The van der Waals surface area contributed by atoms with E-state index in [0.29, 0.717) is 0 Å². The molecule has 29 heavy (non-hydrogen) atoms. The third-order valence-corrected chi connectivity index (χ3v) is 4.55. The summed E-state index contributed by atoms with van der Waals surface area (Å²) in [6.45, 7) is 5.58. The molecule has 0 bridgehead atoms. The monoisotopic (exact) mass is 388 g/mol. The van der Waals surface area contributed by atoms with Crippen molar-refractivity contribution < 1.29 is 9.53 Å². The molecule has 1 amide bonds. The molecule has 0 saturated carbocycles. The van der Waals surface area contributed by atoms with Gasteiger partial charge in [-0.05, 0) is 56.2 Å². The van der Waals surface area contributed by atoms with Crippen molar-refractivity contribution in [2.45, 2.75) is 32.4 Å². The van der Waals surface area contributed by atoms with Gasteiger partial charge in [0, 0.05) is 18.4 Å². The summed E-state index contributed by atoms with van der Waals surface area (Å²) in [4.78, 5) is 14.6. The molecule has 3 rings (SSSR count). The van der Waals surface area contributed by atoms with Crippen molar-refractivity contribution in [2.75, 3.05) is 11.9 Å². The van der Waals surface area contributed by atoms with Crippen LogP contribution >= 0.6 is 0 Å². The molecule has 3 aromatic rings. The molecule has 0 heterocycles. The first-order valence-corrected chi connectivity index (χ1v) is 9.77. The molecule has 150 valence electrons. The van der Waals surface area contributed by atoms with Gasteiger partial charge in [0.15, 0.2) is 0 Å². The molecule has 0 spiro atoms. The molecule has 0 saturated heterocycles. The molecule has 0 fully saturated rings. The Morgan fingerprint density at radius 1 is 0.793 bits per heavy atom. The van der Waals surface area contributed by atoms with E-state index in [4.69, 9.17) is 4.74 Å². The van der Waals surface area contributed by atoms with E-state index in [1.165, 1.54) is 0 Å². The lowest BCUT2D eigenvalue weighted by Gasteiger charge is -2.25. The quantitative estimate of drug-likeness (QED) is 0.577. The number of alkyl carbamates (subject to hydrolysis) is 1. The highest BCUT2D eigenvalue weighted by Crippen LogP contribution is 2.28.